The van der Waals surface area contributed by atoms with Gasteiger partial charge in [-0.25, -0.2) is 0 Å². The van der Waals surface area contributed by atoms with Crippen LogP contribution in [-0.2, 0) is 4.79 Å². The molecule has 102 valence electrons. The molecule has 3 atom stereocenters. The van der Waals surface area contributed by atoms with Crippen LogP contribution in [0.3, 0.4) is 0 Å². The standard InChI is InChI=1S/C12H24N2OS.ClH/c1-4-9(2)10(3)14-12(15)7-11-8-16-6-5-13-11;/h9-11,13H,4-8H2,1-3H3,(H,14,15);1H. The molecule has 1 heterocycles. The first kappa shape index (κ1) is 17.1. The number of carbonyl (C=O) groups excluding carboxylic acids is 1. The molecule has 0 aromatic carbocycles. The molecular weight excluding hydrogens is 256 g/mol. The normalized spacial score (nSPS) is 23.4. The number of hydrogen-bond acceptors (Lipinski definition) is 3. The summed E-state index contributed by atoms with van der Waals surface area (Å²) in [6.45, 7) is 7.46. The number of hydrogen-bond donors (Lipinski definition) is 2. The van der Waals surface area contributed by atoms with E-state index in [1.54, 1.807) is 0 Å². The third kappa shape index (κ3) is 6.53. The van der Waals surface area contributed by atoms with E-state index >= 15 is 0 Å². The summed E-state index contributed by atoms with van der Waals surface area (Å²) >= 11 is 1.93. The summed E-state index contributed by atoms with van der Waals surface area (Å²) in [4.78, 5) is 11.8. The minimum absolute atomic E-state index is 0. The molecule has 2 N–H and O–H groups in total. The van der Waals surface area contributed by atoms with Gasteiger partial charge in [0, 0.05) is 36.6 Å². The summed E-state index contributed by atoms with van der Waals surface area (Å²) in [5.41, 5.74) is 0. The molecule has 0 aromatic rings. The van der Waals surface area contributed by atoms with Crippen LogP contribution in [0.5, 0.6) is 0 Å². The van der Waals surface area contributed by atoms with Crippen molar-refractivity contribution in [3.05, 3.63) is 0 Å². The lowest BCUT2D eigenvalue weighted by molar-refractivity contribution is -0.122. The van der Waals surface area contributed by atoms with Gasteiger partial charge in [0.05, 0.1) is 0 Å². The maximum absolute atomic E-state index is 11.8. The van der Waals surface area contributed by atoms with Gasteiger partial charge in [0.1, 0.15) is 0 Å². The number of thioether (sulfide) groups is 1. The lowest BCUT2D eigenvalue weighted by atomic mass is 10.0. The molecular formula is C12H25ClN2OS. The van der Waals surface area contributed by atoms with E-state index in [2.05, 4.69) is 31.4 Å². The Hall–Kier alpha value is 0.0700. The summed E-state index contributed by atoms with van der Waals surface area (Å²) in [6, 6.07) is 0.650. The first-order chi connectivity index (χ1) is 7.63. The van der Waals surface area contributed by atoms with Gasteiger partial charge in [-0.3, -0.25) is 4.79 Å². The van der Waals surface area contributed by atoms with Gasteiger partial charge in [-0.05, 0) is 12.8 Å². The minimum atomic E-state index is 0. The summed E-state index contributed by atoms with van der Waals surface area (Å²) in [5.74, 6) is 2.97. The Morgan fingerprint density at radius 2 is 2.24 bits per heavy atom. The first-order valence-electron chi connectivity index (χ1n) is 6.24. The Morgan fingerprint density at radius 1 is 1.53 bits per heavy atom. The number of carbonyl (C=O) groups is 1. The molecule has 5 heteroatoms. The molecule has 17 heavy (non-hydrogen) atoms. The van der Waals surface area contributed by atoms with Crippen molar-refractivity contribution in [3.63, 3.8) is 0 Å². The maximum atomic E-state index is 11.8. The van der Waals surface area contributed by atoms with Crippen LogP contribution in [0.1, 0.15) is 33.6 Å². The fourth-order valence-corrected chi connectivity index (χ4v) is 2.73. The highest BCUT2D eigenvalue weighted by Crippen LogP contribution is 2.11. The van der Waals surface area contributed by atoms with Crippen LogP contribution in [0.4, 0.5) is 0 Å². The summed E-state index contributed by atoms with van der Waals surface area (Å²) < 4.78 is 0. The van der Waals surface area contributed by atoms with Gasteiger partial charge in [0.15, 0.2) is 0 Å². The van der Waals surface area contributed by atoms with Gasteiger partial charge in [0.25, 0.3) is 0 Å². The van der Waals surface area contributed by atoms with E-state index in [0.29, 0.717) is 18.4 Å². The van der Waals surface area contributed by atoms with Crippen molar-refractivity contribution in [1.29, 1.82) is 0 Å². The van der Waals surface area contributed by atoms with Crippen LogP contribution < -0.4 is 10.6 Å². The van der Waals surface area contributed by atoms with Crippen molar-refractivity contribution in [1.82, 2.24) is 10.6 Å². The van der Waals surface area contributed by atoms with Gasteiger partial charge < -0.3 is 10.6 Å². The van der Waals surface area contributed by atoms with Gasteiger partial charge >= 0.3 is 0 Å². The third-order valence-corrected chi connectivity index (χ3v) is 4.45. The molecule has 1 fully saturated rings. The van der Waals surface area contributed by atoms with Gasteiger partial charge in [-0.2, -0.15) is 11.8 Å². The second-order valence-corrected chi connectivity index (χ2v) is 5.82. The van der Waals surface area contributed by atoms with Gasteiger partial charge in [-0.1, -0.05) is 20.3 Å². The van der Waals surface area contributed by atoms with E-state index in [1.165, 1.54) is 5.75 Å². The Kier molecular flexibility index (Phi) is 9.10. The van der Waals surface area contributed by atoms with E-state index < -0.39 is 0 Å². The van der Waals surface area contributed by atoms with Crippen LogP contribution in [0.2, 0.25) is 0 Å². The van der Waals surface area contributed by atoms with Crippen molar-refractivity contribution in [2.45, 2.75) is 45.7 Å². The van der Waals surface area contributed by atoms with Crippen LogP contribution in [0, 0.1) is 5.92 Å². The van der Waals surface area contributed by atoms with Crippen molar-refractivity contribution < 1.29 is 4.79 Å². The summed E-state index contributed by atoms with van der Waals surface area (Å²) in [7, 11) is 0. The predicted molar refractivity (Wildman–Crippen MR) is 78.0 cm³/mol. The monoisotopic (exact) mass is 280 g/mol. The average molecular weight is 281 g/mol. The molecule has 3 nitrogen and oxygen atoms in total. The van der Waals surface area contributed by atoms with Crippen molar-refractivity contribution >= 4 is 30.1 Å². The van der Waals surface area contributed by atoms with Crippen molar-refractivity contribution in [3.8, 4) is 0 Å². The Balaban J connectivity index is 0.00000256. The second-order valence-electron chi connectivity index (χ2n) is 4.67. The topological polar surface area (TPSA) is 41.1 Å². The Bertz CT molecular complexity index is 217. The van der Waals surface area contributed by atoms with E-state index in [9.17, 15) is 4.79 Å². The first-order valence-corrected chi connectivity index (χ1v) is 7.39. The molecule has 0 spiro atoms. The molecule has 1 aliphatic rings. The molecule has 1 rings (SSSR count). The Labute approximate surface area is 115 Å². The maximum Gasteiger partial charge on any atom is 0.221 e. The molecule has 3 unspecified atom stereocenters. The van der Waals surface area contributed by atoms with Crippen LogP contribution >= 0.6 is 24.2 Å². The van der Waals surface area contributed by atoms with Crippen LogP contribution in [0.15, 0.2) is 0 Å². The van der Waals surface area contributed by atoms with Crippen LogP contribution in [-0.4, -0.2) is 36.0 Å². The van der Waals surface area contributed by atoms with Crippen molar-refractivity contribution in [2.75, 3.05) is 18.1 Å². The fourth-order valence-electron chi connectivity index (χ4n) is 1.78. The van der Waals surface area contributed by atoms with E-state index in [4.69, 9.17) is 0 Å². The molecule has 0 radical (unpaired) electrons. The molecule has 0 bridgehead atoms. The van der Waals surface area contributed by atoms with Crippen molar-refractivity contribution in [2.24, 2.45) is 5.92 Å². The number of halogens is 1. The van der Waals surface area contributed by atoms with Gasteiger partial charge in [0.2, 0.25) is 5.91 Å². The molecule has 0 aromatic heterocycles. The second kappa shape index (κ2) is 9.06. The highest BCUT2D eigenvalue weighted by Gasteiger charge is 2.19. The molecule has 0 saturated carbocycles. The largest absolute Gasteiger partial charge is 0.353 e. The molecule has 1 amide bonds. The smallest absolute Gasteiger partial charge is 0.221 e. The highest BCUT2D eigenvalue weighted by molar-refractivity contribution is 7.99. The summed E-state index contributed by atoms with van der Waals surface area (Å²) in [6.07, 6.45) is 1.73. The predicted octanol–water partition coefficient (Wildman–Crippen LogP) is 2.05. The molecule has 1 aliphatic heterocycles. The van der Waals surface area contributed by atoms with E-state index in [1.807, 2.05) is 11.8 Å². The third-order valence-electron chi connectivity index (χ3n) is 3.32. The quantitative estimate of drug-likeness (QED) is 0.810. The zero-order chi connectivity index (χ0) is 12.0. The number of amides is 1. The van der Waals surface area contributed by atoms with Gasteiger partial charge in [-0.15, -0.1) is 12.4 Å². The minimum Gasteiger partial charge on any atom is -0.353 e. The lowest BCUT2D eigenvalue weighted by Gasteiger charge is -2.25. The molecule has 0 aliphatic carbocycles. The highest BCUT2D eigenvalue weighted by atomic mass is 35.5. The van der Waals surface area contributed by atoms with Crippen LogP contribution in [0.25, 0.3) is 0 Å². The van der Waals surface area contributed by atoms with E-state index in [0.717, 1.165) is 18.7 Å². The average Bonchev–Trinajstić information content (AvgIpc) is 2.29. The SMILES string of the molecule is CCC(C)C(C)NC(=O)CC1CSCCN1.Cl. The zero-order valence-corrected chi connectivity index (χ0v) is 12.6. The molecule has 1 saturated heterocycles. The fraction of sp³-hybridized carbons (Fsp3) is 0.917. The zero-order valence-electron chi connectivity index (χ0n) is 11.0. The number of rotatable bonds is 5. The lowest BCUT2D eigenvalue weighted by Crippen LogP contribution is -2.44. The van der Waals surface area contributed by atoms with E-state index in [-0.39, 0.29) is 24.4 Å². The summed E-state index contributed by atoms with van der Waals surface area (Å²) in [5, 5.41) is 6.47. The number of nitrogens with one attached hydrogen (secondary N) is 2. The Morgan fingerprint density at radius 3 is 2.76 bits per heavy atom.